The van der Waals surface area contributed by atoms with Gasteiger partial charge in [-0.05, 0) is 96.2 Å². The molecule has 6 rings (SSSR count). The molecule has 194 valence electrons. The minimum absolute atomic E-state index is 0.0632. The number of rotatable bonds is 5. The van der Waals surface area contributed by atoms with Crippen LogP contribution in [0.4, 0.5) is 0 Å². The number of benzene rings is 1. The summed E-state index contributed by atoms with van der Waals surface area (Å²) in [5, 5.41) is 3.99. The van der Waals surface area contributed by atoms with Gasteiger partial charge in [0.05, 0.1) is 5.39 Å². The molecule has 36 heavy (non-hydrogen) atoms. The Kier molecular flexibility index (Phi) is 6.22. The molecule has 2 unspecified atom stereocenters. The first-order valence-corrected chi connectivity index (χ1v) is 13.9. The summed E-state index contributed by atoms with van der Waals surface area (Å²) < 4.78 is 18.3. The summed E-state index contributed by atoms with van der Waals surface area (Å²) in [7, 11) is 0. The Morgan fingerprint density at radius 3 is 2.81 bits per heavy atom. The fourth-order valence-corrected chi connectivity index (χ4v) is 6.92. The van der Waals surface area contributed by atoms with Gasteiger partial charge in [-0.2, -0.15) is 0 Å². The van der Waals surface area contributed by atoms with Crippen molar-refractivity contribution in [1.82, 2.24) is 10.2 Å². The van der Waals surface area contributed by atoms with Crippen LogP contribution < -0.4 is 20.4 Å². The highest BCUT2D eigenvalue weighted by molar-refractivity contribution is 5.93. The summed E-state index contributed by atoms with van der Waals surface area (Å²) in [5.74, 6) is 1.68. The van der Waals surface area contributed by atoms with E-state index in [0.717, 1.165) is 54.2 Å². The lowest BCUT2D eigenvalue weighted by molar-refractivity contribution is -0.123. The average Bonchev–Trinajstić information content (AvgIpc) is 3.36. The average molecular weight is 495 g/mol. The monoisotopic (exact) mass is 494 g/mol. The Bertz CT molecular complexity index is 1230. The number of hydrogen-bond acceptors (Lipinski definition) is 6. The Hall–Kier alpha value is -2.54. The molecule has 7 heteroatoms. The van der Waals surface area contributed by atoms with Gasteiger partial charge in [-0.25, -0.2) is 4.79 Å². The molecule has 1 N–H and O–H groups in total. The van der Waals surface area contributed by atoms with Crippen molar-refractivity contribution in [2.45, 2.75) is 89.7 Å². The maximum Gasteiger partial charge on any atom is 0.339 e. The molecule has 7 nitrogen and oxygen atoms in total. The predicted octanol–water partition coefficient (Wildman–Crippen LogP) is 4.14. The second kappa shape index (κ2) is 9.40. The molecule has 3 aliphatic heterocycles. The summed E-state index contributed by atoms with van der Waals surface area (Å²) in [6.45, 7) is 7.16. The molecule has 1 amide bonds. The van der Waals surface area contributed by atoms with Crippen molar-refractivity contribution in [2.75, 3.05) is 26.2 Å². The second-order valence-electron chi connectivity index (χ2n) is 11.7. The van der Waals surface area contributed by atoms with Crippen molar-refractivity contribution >= 4 is 16.9 Å². The molecule has 1 aliphatic carbocycles. The van der Waals surface area contributed by atoms with Gasteiger partial charge in [-0.3, -0.25) is 4.79 Å². The highest BCUT2D eigenvalue weighted by Crippen LogP contribution is 2.44. The summed E-state index contributed by atoms with van der Waals surface area (Å²) in [4.78, 5) is 28.2. The van der Waals surface area contributed by atoms with Gasteiger partial charge in [0.1, 0.15) is 22.7 Å². The van der Waals surface area contributed by atoms with Crippen LogP contribution in [0.5, 0.6) is 11.5 Å². The van der Waals surface area contributed by atoms with Gasteiger partial charge in [-0.15, -0.1) is 0 Å². The van der Waals surface area contributed by atoms with Crippen molar-refractivity contribution in [2.24, 2.45) is 5.92 Å². The number of hydrogen-bond donors (Lipinski definition) is 1. The molecule has 2 fully saturated rings. The van der Waals surface area contributed by atoms with E-state index in [4.69, 9.17) is 13.9 Å². The maximum absolute atomic E-state index is 12.9. The predicted molar refractivity (Wildman–Crippen MR) is 138 cm³/mol. The number of carbonyl (C=O) groups excluding carboxylic acids is 1. The molecule has 0 radical (unpaired) electrons. The fourth-order valence-electron chi connectivity index (χ4n) is 6.92. The van der Waals surface area contributed by atoms with Crippen LogP contribution >= 0.6 is 0 Å². The highest BCUT2D eigenvalue weighted by Gasteiger charge is 2.34. The van der Waals surface area contributed by atoms with E-state index < -0.39 is 0 Å². The van der Waals surface area contributed by atoms with E-state index in [1.165, 1.54) is 45.2 Å². The minimum Gasteiger partial charge on any atom is -0.487 e. The largest absolute Gasteiger partial charge is 0.487 e. The number of piperidine rings is 2. The van der Waals surface area contributed by atoms with Crippen LogP contribution in [0.25, 0.3) is 11.0 Å². The first-order valence-electron chi connectivity index (χ1n) is 13.9. The van der Waals surface area contributed by atoms with E-state index in [1.54, 1.807) is 0 Å². The van der Waals surface area contributed by atoms with Crippen molar-refractivity contribution in [3.8, 4) is 11.5 Å². The Balaban J connectivity index is 1.22. The van der Waals surface area contributed by atoms with Crippen LogP contribution in [-0.2, 0) is 24.1 Å². The van der Waals surface area contributed by atoms with E-state index in [2.05, 4.69) is 24.1 Å². The third-order valence-electron chi connectivity index (χ3n) is 8.78. The van der Waals surface area contributed by atoms with Gasteiger partial charge in [0, 0.05) is 29.8 Å². The minimum atomic E-state index is -0.306. The number of aryl methyl sites for hydroxylation is 2. The van der Waals surface area contributed by atoms with E-state index in [1.807, 2.05) is 6.07 Å². The van der Waals surface area contributed by atoms with Crippen LogP contribution in [0.2, 0.25) is 0 Å². The number of nitrogens with one attached hydrogen (secondary N) is 1. The molecule has 0 bridgehead atoms. The van der Waals surface area contributed by atoms with Crippen LogP contribution in [0, 0.1) is 5.92 Å². The first-order chi connectivity index (χ1) is 17.4. The summed E-state index contributed by atoms with van der Waals surface area (Å²) in [5.41, 5.74) is 2.72. The number of nitrogens with zero attached hydrogens (tertiary/aromatic N) is 1. The standard InChI is InChI=1S/C29H38N2O5/c1-29(2)12-11-21-23(36-29)15-24(26-19-8-5-9-20(19)28(33)35-27(21)26)34-17-25(32)30-16-18-7-6-14-31-13-4-3-10-22(18)31/h15,18,22H,3-14,16-17H2,1-2H3,(H,30,32). The van der Waals surface area contributed by atoms with E-state index in [-0.39, 0.29) is 23.7 Å². The lowest BCUT2D eigenvalue weighted by Gasteiger charge is -2.44. The summed E-state index contributed by atoms with van der Waals surface area (Å²) in [6.07, 6.45) is 10.3. The van der Waals surface area contributed by atoms with E-state index in [9.17, 15) is 9.59 Å². The Morgan fingerprint density at radius 1 is 1.08 bits per heavy atom. The lowest BCUT2D eigenvalue weighted by Crippen LogP contribution is -2.51. The second-order valence-corrected chi connectivity index (χ2v) is 11.7. The van der Waals surface area contributed by atoms with Gasteiger partial charge < -0.3 is 24.1 Å². The molecule has 1 aromatic carbocycles. The van der Waals surface area contributed by atoms with Gasteiger partial charge in [0.15, 0.2) is 6.61 Å². The topological polar surface area (TPSA) is 81.0 Å². The van der Waals surface area contributed by atoms with Gasteiger partial charge in [-0.1, -0.05) is 6.42 Å². The zero-order valence-electron chi connectivity index (χ0n) is 21.6. The van der Waals surface area contributed by atoms with Crippen molar-refractivity contribution in [3.63, 3.8) is 0 Å². The third kappa shape index (κ3) is 4.40. The molecule has 1 aromatic heterocycles. The molecule has 4 heterocycles. The highest BCUT2D eigenvalue weighted by atomic mass is 16.5. The van der Waals surface area contributed by atoms with Crippen LogP contribution in [0.15, 0.2) is 15.3 Å². The van der Waals surface area contributed by atoms with Crippen LogP contribution in [0.3, 0.4) is 0 Å². The zero-order valence-corrected chi connectivity index (χ0v) is 21.6. The lowest BCUT2D eigenvalue weighted by atomic mass is 9.83. The molecule has 0 spiro atoms. The summed E-state index contributed by atoms with van der Waals surface area (Å²) >= 11 is 0. The first kappa shape index (κ1) is 23.8. The SMILES string of the molecule is CC1(C)CCc2c(cc(OCC(=O)NCC3CCCN4CCCCC34)c3c4c(c(=O)oc23)CCC4)O1. The van der Waals surface area contributed by atoms with Crippen LogP contribution in [-0.4, -0.2) is 48.7 Å². The van der Waals surface area contributed by atoms with Gasteiger partial charge >= 0.3 is 5.63 Å². The molecular weight excluding hydrogens is 456 g/mol. The summed E-state index contributed by atoms with van der Waals surface area (Å²) in [6, 6.07) is 2.51. The number of amides is 1. The third-order valence-corrected chi connectivity index (χ3v) is 8.78. The molecule has 2 atom stereocenters. The van der Waals surface area contributed by atoms with Crippen LogP contribution in [0.1, 0.15) is 75.5 Å². The van der Waals surface area contributed by atoms with E-state index >= 15 is 0 Å². The van der Waals surface area contributed by atoms with Gasteiger partial charge in [0.25, 0.3) is 5.91 Å². The quantitative estimate of drug-likeness (QED) is 0.629. The number of fused-ring (bicyclic) bond motifs is 6. The van der Waals surface area contributed by atoms with Crippen molar-refractivity contribution in [1.29, 1.82) is 0 Å². The van der Waals surface area contributed by atoms with Crippen molar-refractivity contribution < 1.29 is 18.7 Å². The number of carbonyl (C=O) groups is 1. The maximum atomic E-state index is 12.9. The Morgan fingerprint density at radius 2 is 1.92 bits per heavy atom. The molecule has 0 saturated carbocycles. The van der Waals surface area contributed by atoms with Gasteiger partial charge in [0.2, 0.25) is 0 Å². The smallest absolute Gasteiger partial charge is 0.339 e. The molecule has 2 aromatic rings. The number of ether oxygens (including phenoxy) is 2. The fraction of sp³-hybridized carbons (Fsp3) is 0.655. The van der Waals surface area contributed by atoms with E-state index in [0.29, 0.717) is 35.6 Å². The molecule has 2 saturated heterocycles. The van der Waals surface area contributed by atoms with Crippen molar-refractivity contribution in [3.05, 3.63) is 33.2 Å². The normalized spacial score (nSPS) is 24.9. The molecule has 4 aliphatic rings. The zero-order chi connectivity index (χ0) is 24.9. The molecular formula is C29H38N2O5. The Labute approximate surface area is 212 Å².